The zero-order valence-electron chi connectivity index (χ0n) is 13.9. The number of amides is 1. The molecule has 0 saturated heterocycles. The van der Waals surface area contributed by atoms with E-state index in [0.29, 0.717) is 12.1 Å². The molecule has 1 amide bonds. The number of aryl methyl sites for hydroxylation is 1. The van der Waals surface area contributed by atoms with Gasteiger partial charge < -0.3 is 4.90 Å². The summed E-state index contributed by atoms with van der Waals surface area (Å²) in [5, 5.41) is 0. The second kappa shape index (κ2) is 7.08. The molecule has 0 N–H and O–H groups in total. The summed E-state index contributed by atoms with van der Waals surface area (Å²) in [7, 11) is 1.81. The van der Waals surface area contributed by atoms with Gasteiger partial charge in [-0.1, -0.05) is 31.2 Å². The maximum Gasteiger partial charge on any atom is 0.255 e. The van der Waals surface area contributed by atoms with Crippen molar-refractivity contribution in [2.24, 2.45) is 0 Å². The van der Waals surface area contributed by atoms with Crippen LogP contribution in [0.15, 0.2) is 61.3 Å². The Morgan fingerprint density at radius 1 is 1.12 bits per heavy atom. The Balaban J connectivity index is 1.68. The molecule has 1 aromatic carbocycles. The van der Waals surface area contributed by atoms with Crippen LogP contribution in [0.1, 0.15) is 28.4 Å². The highest BCUT2D eigenvalue weighted by Gasteiger charge is 2.13. The first-order valence-electron chi connectivity index (χ1n) is 7.95. The minimum atomic E-state index is -0.0424. The van der Waals surface area contributed by atoms with E-state index in [0.717, 1.165) is 17.8 Å². The van der Waals surface area contributed by atoms with Crippen molar-refractivity contribution in [3.05, 3.63) is 78.0 Å². The fourth-order valence-corrected chi connectivity index (χ4v) is 2.51. The van der Waals surface area contributed by atoms with Crippen LogP contribution >= 0.6 is 0 Å². The van der Waals surface area contributed by atoms with Gasteiger partial charge in [-0.25, -0.2) is 9.97 Å². The first-order valence-corrected chi connectivity index (χ1v) is 7.95. The van der Waals surface area contributed by atoms with Crippen molar-refractivity contribution < 1.29 is 4.79 Å². The molecule has 0 aliphatic heterocycles. The fraction of sp³-hybridized carbons (Fsp3) is 0.211. The van der Waals surface area contributed by atoms with Crippen LogP contribution in [0.5, 0.6) is 0 Å². The molecule has 0 fully saturated rings. The summed E-state index contributed by atoms with van der Waals surface area (Å²) in [5.41, 5.74) is 2.99. The van der Waals surface area contributed by atoms with Gasteiger partial charge in [0.15, 0.2) is 0 Å². The number of carbonyl (C=O) groups is 1. The summed E-state index contributed by atoms with van der Waals surface area (Å²) >= 11 is 0. The van der Waals surface area contributed by atoms with Crippen LogP contribution in [0.4, 0.5) is 0 Å². The Morgan fingerprint density at radius 3 is 2.46 bits per heavy atom. The number of rotatable bonds is 5. The number of pyridine rings is 1. The molecule has 122 valence electrons. The average molecular weight is 320 g/mol. The monoisotopic (exact) mass is 320 g/mol. The van der Waals surface area contributed by atoms with Gasteiger partial charge in [0.2, 0.25) is 0 Å². The molecule has 0 saturated carbocycles. The number of hydrogen-bond donors (Lipinski definition) is 0. The van der Waals surface area contributed by atoms with Crippen molar-refractivity contribution in [1.29, 1.82) is 0 Å². The van der Waals surface area contributed by atoms with Crippen molar-refractivity contribution in [3.8, 4) is 5.82 Å². The zero-order valence-corrected chi connectivity index (χ0v) is 13.9. The highest BCUT2D eigenvalue weighted by atomic mass is 16.2. The molecule has 0 bridgehead atoms. The topological polar surface area (TPSA) is 51.0 Å². The summed E-state index contributed by atoms with van der Waals surface area (Å²) in [6.45, 7) is 2.71. The van der Waals surface area contributed by atoms with E-state index in [1.165, 1.54) is 5.56 Å². The summed E-state index contributed by atoms with van der Waals surface area (Å²) in [5.74, 6) is 0.695. The zero-order chi connectivity index (χ0) is 16.9. The number of nitrogens with zero attached hydrogens (tertiary/aromatic N) is 4. The Bertz CT molecular complexity index is 792. The van der Waals surface area contributed by atoms with E-state index < -0.39 is 0 Å². The standard InChI is InChI=1S/C19H20N4O/c1-3-15-4-6-16(7-5-15)13-22(2)19(24)17-8-9-18(21-12-17)23-11-10-20-14-23/h4-12,14H,3,13H2,1-2H3. The smallest absolute Gasteiger partial charge is 0.255 e. The molecule has 3 aromatic rings. The summed E-state index contributed by atoms with van der Waals surface area (Å²) in [4.78, 5) is 22.6. The van der Waals surface area contributed by atoms with Gasteiger partial charge in [-0.05, 0) is 29.7 Å². The maximum atomic E-state index is 12.5. The Hall–Kier alpha value is -2.95. The summed E-state index contributed by atoms with van der Waals surface area (Å²) in [6, 6.07) is 12.0. The maximum absolute atomic E-state index is 12.5. The van der Waals surface area contributed by atoms with Crippen LogP contribution in [-0.4, -0.2) is 32.4 Å². The first-order chi connectivity index (χ1) is 11.7. The number of imidazole rings is 1. The van der Waals surface area contributed by atoms with Crippen LogP contribution in [0, 0.1) is 0 Å². The van der Waals surface area contributed by atoms with Gasteiger partial charge in [-0.2, -0.15) is 0 Å². The average Bonchev–Trinajstić information content (AvgIpc) is 3.16. The Labute approximate surface area is 141 Å². The van der Waals surface area contributed by atoms with E-state index in [1.807, 2.05) is 12.3 Å². The molecule has 5 nitrogen and oxygen atoms in total. The Morgan fingerprint density at radius 2 is 1.88 bits per heavy atom. The predicted molar refractivity (Wildman–Crippen MR) is 93.0 cm³/mol. The van der Waals surface area contributed by atoms with Crippen molar-refractivity contribution in [2.75, 3.05) is 7.05 Å². The largest absolute Gasteiger partial charge is 0.337 e. The fourth-order valence-electron chi connectivity index (χ4n) is 2.51. The SMILES string of the molecule is CCc1ccc(CN(C)C(=O)c2ccc(-n3ccnc3)nc2)cc1. The van der Waals surface area contributed by atoms with Gasteiger partial charge >= 0.3 is 0 Å². The van der Waals surface area contributed by atoms with E-state index in [4.69, 9.17) is 0 Å². The van der Waals surface area contributed by atoms with Crippen LogP contribution in [0.3, 0.4) is 0 Å². The van der Waals surface area contributed by atoms with E-state index in [-0.39, 0.29) is 5.91 Å². The lowest BCUT2D eigenvalue weighted by molar-refractivity contribution is 0.0784. The lowest BCUT2D eigenvalue weighted by Crippen LogP contribution is -2.26. The molecule has 0 radical (unpaired) electrons. The molecule has 0 aliphatic carbocycles. The number of benzene rings is 1. The van der Waals surface area contributed by atoms with Crippen molar-refractivity contribution in [2.45, 2.75) is 19.9 Å². The van der Waals surface area contributed by atoms with Gasteiger partial charge in [0.05, 0.1) is 5.56 Å². The molecule has 2 heterocycles. The molecule has 0 unspecified atom stereocenters. The molecule has 2 aromatic heterocycles. The molecule has 5 heteroatoms. The molecule has 0 atom stereocenters. The lowest BCUT2D eigenvalue weighted by Gasteiger charge is -2.17. The normalized spacial score (nSPS) is 10.6. The first kappa shape index (κ1) is 15.9. The van der Waals surface area contributed by atoms with Crippen molar-refractivity contribution in [3.63, 3.8) is 0 Å². The molecular weight excluding hydrogens is 300 g/mol. The van der Waals surface area contributed by atoms with E-state index >= 15 is 0 Å². The molecular formula is C19H20N4O. The van der Waals surface area contributed by atoms with Crippen LogP contribution < -0.4 is 0 Å². The highest BCUT2D eigenvalue weighted by molar-refractivity contribution is 5.93. The molecule has 3 rings (SSSR count). The van der Waals surface area contributed by atoms with Crippen molar-refractivity contribution >= 4 is 5.91 Å². The van der Waals surface area contributed by atoms with Gasteiger partial charge in [0, 0.05) is 32.2 Å². The highest BCUT2D eigenvalue weighted by Crippen LogP contribution is 2.11. The lowest BCUT2D eigenvalue weighted by atomic mass is 10.1. The van der Waals surface area contributed by atoms with E-state index in [2.05, 4.69) is 41.2 Å². The third kappa shape index (κ3) is 3.51. The van der Waals surface area contributed by atoms with Gasteiger partial charge in [0.1, 0.15) is 12.1 Å². The summed E-state index contributed by atoms with van der Waals surface area (Å²) < 4.78 is 1.80. The molecule has 0 spiro atoms. The van der Waals surface area contributed by atoms with E-state index in [1.54, 1.807) is 41.3 Å². The van der Waals surface area contributed by atoms with E-state index in [9.17, 15) is 4.79 Å². The summed E-state index contributed by atoms with van der Waals surface area (Å²) in [6.07, 6.45) is 7.81. The third-order valence-electron chi connectivity index (χ3n) is 3.96. The quantitative estimate of drug-likeness (QED) is 0.726. The molecule has 24 heavy (non-hydrogen) atoms. The molecule has 0 aliphatic rings. The van der Waals surface area contributed by atoms with Gasteiger partial charge in [-0.15, -0.1) is 0 Å². The van der Waals surface area contributed by atoms with Crippen LogP contribution in [-0.2, 0) is 13.0 Å². The van der Waals surface area contributed by atoms with Crippen LogP contribution in [0.2, 0.25) is 0 Å². The van der Waals surface area contributed by atoms with Gasteiger partial charge in [0.25, 0.3) is 5.91 Å². The van der Waals surface area contributed by atoms with Crippen LogP contribution in [0.25, 0.3) is 5.82 Å². The predicted octanol–water partition coefficient (Wildman–Crippen LogP) is 3.10. The minimum absolute atomic E-state index is 0.0424. The minimum Gasteiger partial charge on any atom is -0.337 e. The third-order valence-corrected chi connectivity index (χ3v) is 3.96. The van der Waals surface area contributed by atoms with Crippen molar-refractivity contribution in [1.82, 2.24) is 19.4 Å². The number of carbonyl (C=O) groups excluding carboxylic acids is 1. The second-order valence-electron chi connectivity index (χ2n) is 5.71. The number of hydrogen-bond acceptors (Lipinski definition) is 3. The number of aromatic nitrogens is 3. The Kier molecular flexibility index (Phi) is 4.70. The van der Waals surface area contributed by atoms with Gasteiger partial charge in [-0.3, -0.25) is 9.36 Å². The second-order valence-corrected chi connectivity index (χ2v) is 5.71.